The molecule has 1 aromatic carbocycles. The molecule has 0 bridgehead atoms. The first-order valence-electron chi connectivity index (χ1n) is 10.2. The Kier molecular flexibility index (Phi) is 5.43. The lowest BCUT2D eigenvalue weighted by atomic mass is 9.89. The molecular formula is C23H26N4O2. The molecule has 0 N–H and O–H groups in total. The van der Waals surface area contributed by atoms with Gasteiger partial charge < -0.3 is 9.42 Å². The molecule has 4 rings (SSSR count). The van der Waals surface area contributed by atoms with Crippen LogP contribution < -0.4 is 0 Å². The van der Waals surface area contributed by atoms with Crippen LogP contribution in [0.5, 0.6) is 0 Å². The lowest BCUT2D eigenvalue weighted by Crippen LogP contribution is -2.40. The zero-order chi connectivity index (χ0) is 20.4. The molecule has 150 valence electrons. The van der Waals surface area contributed by atoms with Gasteiger partial charge in [0.2, 0.25) is 5.91 Å². The van der Waals surface area contributed by atoms with E-state index in [1.807, 2.05) is 68.3 Å². The summed E-state index contributed by atoms with van der Waals surface area (Å²) in [5.41, 5.74) is 3.68. The second-order valence-corrected chi connectivity index (χ2v) is 7.95. The number of carbonyl (C=O) groups is 1. The summed E-state index contributed by atoms with van der Waals surface area (Å²) in [4.78, 5) is 23.9. The fourth-order valence-corrected chi connectivity index (χ4v) is 3.85. The van der Waals surface area contributed by atoms with E-state index >= 15 is 0 Å². The molecule has 29 heavy (non-hydrogen) atoms. The van der Waals surface area contributed by atoms with E-state index in [0.717, 1.165) is 48.4 Å². The van der Waals surface area contributed by atoms with E-state index in [9.17, 15) is 4.79 Å². The molecule has 1 aliphatic heterocycles. The Bertz CT molecular complexity index is 989. The molecule has 0 unspecified atom stereocenters. The second kappa shape index (κ2) is 8.15. The minimum atomic E-state index is 0.0306. The van der Waals surface area contributed by atoms with Gasteiger partial charge in [-0.3, -0.25) is 4.79 Å². The summed E-state index contributed by atoms with van der Waals surface area (Å²) in [6, 6.07) is 11.9. The predicted molar refractivity (Wildman–Crippen MR) is 111 cm³/mol. The van der Waals surface area contributed by atoms with Crippen LogP contribution in [0.15, 0.2) is 47.1 Å². The molecule has 6 nitrogen and oxygen atoms in total. The molecule has 3 heterocycles. The van der Waals surface area contributed by atoms with Crippen molar-refractivity contribution in [3.63, 3.8) is 0 Å². The molecule has 3 aromatic rings. The number of carbonyl (C=O) groups excluding carboxylic acids is 1. The average Bonchev–Trinajstić information content (AvgIpc) is 3.19. The molecule has 0 atom stereocenters. The largest absolute Gasteiger partial charge is 0.356 e. The minimum Gasteiger partial charge on any atom is -0.356 e. The van der Waals surface area contributed by atoms with E-state index in [4.69, 9.17) is 9.51 Å². The molecule has 0 aliphatic carbocycles. The van der Waals surface area contributed by atoms with Crippen molar-refractivity contribution < 1.29 is 9.32 Å². The van der Waals surface area contributed by atoms with Gasteiger partial charge in [-0.2, -0.15) is 0 Å². The Morgan fingerprint density at radius 2 is 1.90 bits per heavy atom. The number of rotatable bonds is 4. The van der Waals surface area contributed by atoms with Crippen LogP contribution in [-0.2, 0) is 4.79 Å². The van der Waals surface area contributed by atoms with Crippen molar-refractivity contribution in [3.8, 4) is 22.7 Å². The maximum absolute atomic E-state index is 12.3. The van der Waals surface area contributed by atoms with Crippen LogP contribution in [0.25, 0.3) is 22.7 Å². The Balaban J connectivity index is 1.67. The number of hydrogen-bond acceptors (Lipinski definition) is 5. The van der Waals surface area contributed by atoms with Gasteiger partial charge in [0.15, 0.2) is 11.6 Å². The van der Waals surface area contributed by atoms with Gasteiger partial charge in [-0.25, -0.2) is 9.97 Å². The first-order valence-corrected chi connectivity index (χ1v) is 10.2. The average molecular weight is 390 g/mol. The number of aromatic nitrogens is 3. The number of hydrogen-bond donors (Lipinski definition) is 0. The van der Waals surface area contributed by atoms with Crippen molar-refractivity contribution >= 4 is 5.91 Å². The zero-order valence-corrected chi connectivity index (χ0v) is 17.1. The number of nitrogens with zero attached hydrogens (tertiary/aromatic N) is 4. The van der Waals surface area contributed by atoms with E-state index in [1.165, 1.54) is 0 Å². The SMILES string of the molecule is Cc1cc(-c2cnc(-c3ccccc3)nc2C2CCN(C(=O)C(C)C)CC2)on1. The van der Waals surface area contributed by atoms with Crippen LogP contribution in [-0.4, -0.2) is 39.0 Å². The Morgan fingerprint density at radius 1 is 1.17 bits per heavy atom. The standard InChI is InChI=1S/C23H26N4O2/c1-15(2)23(28)27-11-9-17(10-12-27)21-19(20-13-16(3)26-29-20)14-24-22(25-21)18-7-5-4-6-8-18/h4-8,13-15,17H,9-12H2,1-3H3. The van der Waals surface area contributed by atoms with E-state index in [0.29, 0.717) is 11.6 Å². The summed E-state index contributed by atoms with van der Waals surface area (Å²) in [7, 11) is 0. The summed E-state index contributed by atoms with van der Waals surface area (Å²) < 4.78 is 5.52. The van der Waals surface area contributed by atoms with Crippen LogP contribution >= 0.6 is 0 Å². The number of aryl methyl sites for hydroxylation is 1. The van der Waals surface area contributed by atoms with E-state index < -0.39 is 0 Å². The highest BCUT2D eigenvalue weighted by atomic mass is 16.5. The summed E-state index contributed by atoms with van der Waals surface area (Å²) >= 11 is 0. The van der Waals surface area contributed by atoms with Gasteiger partial charge in [0, 0.05) is 42.8 Å². The zero-order valence-electron chi connectivity index (χ0n) is 17.1. The first-order chi connectivity index (χ1) is 14.0. The number of piperidine rings is 1. The van der Waals surface area contributed by atoms with Crippen LogP contribution in [0.3, 0.4) is 0 Å². The Hall–Kier alpha value is -3.02. The maximum Gasteiger partial charge on any atom is 0.225 e. The highest BCUT2D eigenvalue weighted by Gasteiger charge is 2.29. The van der Waals surface area contributed by atoms with Crippen molar-refractivity contribution in [3.05, 3.63) is 54.0 Å². The number of amides is 1. The smallest absolute Gasteiger partial charge is 0.225 e. The van der Waals surface area contributed by atoms with Crippen molar-refractivity contribution in [2.75, 3.05) is 13.1 Å². The van der Waals surface area contributed by atoms with Crippen molar-refractivity contribution in [2.24, 2.45) is 5.92 Å². The fourth-order valence-electron chi connectivity index (χ4n) is 3.85. The lowest BCUT2D eigenvalue weighted by molar-refractivity contribution is -0.135. The third-order valence-electron chi connectivity index (χ3n) is 5.43. The Labute approximate surface area is 171 Å². The fraction of sp³-hybridized carbons (Fsp3) is 0.391. The third-order valence-corrected chi connectivity index (χ3v) is 5.43. The number of benzene rings is 1. The molecule has 6 heteroatoms. The molecule has 1 amide bonds. The number of likely N-dealkylation sites (tertiary alicyclic amines) is 1. The molecule has 1 fully saturated rings. The van der Waals surface area contributed by atoms with E-state index in [2.05, 4.69) is 10.1 Å². The normalized spacial score (nSPS) is 15.1. The third kappa shape index (κ3) is 4.06. The minimum absolute atomic E-state index is 0.0306. The van der Waals surface area contributed by atoms with Gasteiger partial charge in [-0.05, 0) is 19.8 Å². The molecule has 1 saturated heterocycles. The van der Waals surface area contributed by atoms with Crippen molar-refractivity contribution in [2.45, 2.75) is 39.5 Å². The quantitative estimate of drug-likeness (QED) is 0.657. The van der Waals surface area contributed by atoms with Gasteiger partial charge in [-0.1, -0.05) is 49.3 Å². The van der Waals surface area contributed by atoms with Gasteiger partial charge in [0.1, 0.15) is 0 Å². The predicted octanol–water partition coefficient (Wildman–Crippen LogP) is 4.47. The van der Waals surface area contributed by atoms with Gasteiger partial charge in [0.05, 0.1) is 17.0 Å². The van der Waals surface area contributed by atoms with E-state index in [-0.39, 0.29) is 17.7 Å². The van der Waals surface area contributed by atoms with Crippen LogP contribution in [0, 0.1) is 12.8 Å². The highest BCUT2D eigenvalue weighted by Crippen LogP contribution is 2.35. The van der Waals surface area contributed by atoms with Crippen molar-refractivity contribution in [1.82, 2.24) is 20.0 Å². The second-order valence-electron chi connectivity index (χ2n) is 7.95. The van der Waals surface area contributed by atoms with Gasteiger partial charge in [-0.15, -0.1) is 0 Å². The summed E-state index contributed by atoms with van der Waals surface area (Å²) in [5.74, 6) is 1.90. The van der Waals surface area contributed by atoms with Crippen LogP contribution in [0.2, 0.25) is 0 Å². The highest BCUT2D eigenvalue weighted by molar-refractivity contribution is 5.78. The summed E-state index contributed by atoms with van der Waals surface area (Å²) in [6.07, 6.45) is 3.60. The van der Waals surface area contributed by atoms with Crippen LogP contribution in [0.1, 0.15) is 44.0 Å². The molecule has 0 spiro atoms. The Morgan fingerprint density at radius 3 is 2.52 bits per heavy atom. The summed E-state index contributed by atoms with van der Waals surface area (Å²) in [6.45, 7) is 7.31. The van der Waals surface area contributed by atoms with Crippen molar-refractivity contribution in [1.29, 1.82) is 0 Å². The monoisotopic (exact) mass is 390 g/mol. The van der Waals surface area contributed by atoms with E-state index in [1.54, 1.807) is 0 Å². The first kappa shape index (κ1) is 19.3. The summed E-state index contributed by atoms with van der Waals surface area (Å²) in [5, 5.41) is 4.03. The van der Waals surface area contributed by atoms with Crippen LogP contribution in [0.4, 0.5) is 0 Å². The molecule has 0 saturated carbocycles. The van der Waals surface area contributed by atoms with Gasteiger partial charge >= 0.3 is 0 Å². The topological polar surface area (TPSA) is 72.1 Å². The lowest BCUT2D eigenvalue weighted by Gasteiger charge is -2.33. The van der Waals surface area contributed by atoms with Gasteiger partial charge in [0.25, 0.3) is 0 Å². The maximum atomic E-state index is 12.3. The molecule has 1 aliphatic rings. The molecular weight excluding hydrogens is 364 g/mol. The molecule has 2 aromatic heterocycles. The molecule has 0 radical (unpaired) electrons.